The van der Waals surface area contributed by atoms with Crippen molar-refractivity contribution in [2.24, 2.45) is 0 Å². The van der Waals surface area contributed by atoms with Crippen LogP contribution >= 0.6 is 0 Å². The molecule has 63 valence electrons. The van der Waals surface area contributed by atoms with Gasteiger partial charge in [0.05, 0.1) is 0 Å². The van der Waals surface area contributed by atoms with Crippen molar-refractivity contribution in [1.29, 1.82) is 0 Å². The lowest BCUT2D eigenvalue weighted by Crippen LogP contribution is -2.33. The molecular formula is C9H16NO. The third kappa shape index (κ3) is 1.74. The van der Waals surface area contributed by atoms with E-state index in [0.29, 0.717) is 0 Å². The SMILES string of the molecule is C1CCN([C]2CCCO2)CC1. The fourth-order valence-electron chi connectivity index (χ4n) is 1.88. The smallest absolute Gasteiger partial charge is 0.164 e. The van der Waals surface area contributed by atoms with Gasteiger partial charge in [-0.15, -0.1) is 0 Å². The van der Waals surface area contributed by atoms with Gasteiger partial charge in [-0.3, -0.25) is 4.90 Å². The lowest BCUT2D eigenvalue weighted by molar-refractivity contribution is 0.0612. The lowest BCUT2D eigenvalue weighted by Gasteiger charge is -2.29. The fourth-order valence-corrected chi connectivity index (χ4v) is 1.88. The van der Waals surface area contributed by atoms with Crippen molar-refractivity contribution >= 4 is 0 Å². The molecule has 2 aliphatic heterocycles. The highest BCUT2D eigenvalue weighted by atomic mass is 16.5. The van der Waals surface area contributed by atoms with E-state index in [-0.39, 0.29) is 0 Å². The Bertz CT molecular complexity index is 115. The minimum Gasteiger partial charge on any atom is -0.356 e. The molecule has 2 aliphatic rings. The summed E-state index contributed by atoms with van der Waals surface area (Å²) in [5.74, 6) is 0. The summed E-state index contributed by atoms with van der Waals surface area (Å²) in [5.41, 5.74) is 0. The van der Waals surface area contributed by atoms with E-state index >= 15 is 0 Å². The molecule has 0 saturated carbocycles. The van der Waals surface area contributed by atoms with Gasteiger partial charge < -0.3 is 4.74 Å². The molecule has 1 radical (unpaired) electrons. The Labute approximate surface area is 68.5 Å². The Kier molecular flexibility index (Phi) is 2.44. The summed E-state index contributed by atoms with van der Waals surface area (Å²) in [6, 6.07) is 0. The molecule has 2 nitrogen and oxygen atoms in total. The summed E-state index contributed by atoms with van der Waals surface area (Å²) in [4.78, 5) is 2.43. The van der Waals surface area contributed by atoms with Gasteiger partial charge in [0.25, 0.3) is 0 Å². The van der Waals surface area contributed by atoms with Gasteiger partial charge in [0.2, 0.25) is 0 Å². The summed E-state index contributed by atoms with van der Waals surface area (Å²) >= 11 is 0. The van der Waals surface area contributed by atoms with E-state index in [4.69, 9.17) is 4.74 Å². The predicted molar refractivity (Wildman–Crippen MR) is 43.9 cm³/mol. The Hall–Kier alpha value is -0.0800. The fraction of sp³-hybridized carbons (Fsp3) is 0.889. The maximum absolute atomic E-state index is 5.54. The highest BCUT2D eigenvalue weighted by Gasteiger charge is 2.25. The molecule has 2 heterocycles. The van der Waals surface area contributed by atoms with E-state index in [1.165, 1.54) is 51.4 Å². The van der Waals surface area contributed by atoms with Gasteiger partial charge in [0.15, 0.2) is 6.23 Å². The average molecular weight is 154 g/mol. The zero-order valence-corrected chi connectivity index (χ0v) is 7.01. The summed E-state index contributed by atoms with van der Waals surface area (Å²) < 4.78 is 5.54. The third-order valence-electron chi connectivity index (χ3n) is 2.51. The Morgan fingerprint density at radius 2 is 1.82 bits per heavy atom. The van der Waals surface area contributed by atoms with Crippen LogP contribution in [0.4, 0.5) is 0 Å². The van der Waals surface area contributed by atoms with Crippen LogP contribution in [0.1, 0.15) is 32.1 Å². The van der Waals surface area contributed by atoms with Crippen LogP contribution < -0.4 is 0 Å². The molecule has 2 heteroatoms. The highest BCUT2D eigenvalue weighted by Crippen LogP contribution is 2.26. The van der Waals surface area contributed by atoms with Gasteiger partial charge in [-0.2, -0.15) is 0 Å². The van der Waals surface area contributed by atoms with E-state index in [0.717, 1.165) is 6.61 Å². The summed E-state index contributed by atoms with van der Waals surface area (Å²) in [6.45, 7) is 3.41. The Morgan fingerprint density at radius 3 is 2.45 bits per heavy atom. The van der Waals surface area contributed by atoms with E-state index in [9.17, 15) is 0 Å². The monoisotopic (exact) mass is 154 g/mol. The number of rotatable bonds is 1. The molecule has 11 heavy (non-hydrogen) atoms. The minimum atomic E-state index is 0.950. The predicted octanol–water partition coefficient (Wildman–Crippen LogP) is 1.77. The van der Waals surface area contributed by atoms with Gasteiger partial charge in [0.1, 0.15) is 0 Å². The average Bonchev–Trinajstić information content (AvgIpc) is 2.58. The van der Waals surface area contributed by atoms with Crippen molar-refractivity contribution in [2.45, 2.75) is 32.1 Å². The summed E-state index contributed by atoms with van der Waals surface area (Å²) in [6.07, 6.45) is 7.79. The molecule has 0 aromatic rings. The van der Waals surface area contributed by atoms with E-state index < -0.39 is 0 Å². The van der Waals surface area contributed by atoms with Crippen molar-refractivity contribution < 1.29 is 4.74 Å². The molecule has 0 unspecified atom stereocenters. The van der Waals surface area contributed by atoms with Gasteiger partial charge in [-0.05, 0) is 25.7 Å². The number of ether oxygens (including phenoxy) is 1. The third-order valence-corrected chi connectivity index (χ3v) is 2.51. The van der Waals surface area contributed by atoms with Crippen molar-refractivity contribution in [3.05, 3.63) is 6.23 Å². The maximum atomic E-state index is 5.54. The van der Waals surface area contributed by atoms with Crippen molar-refractivity contribution in [2.75, 3.05) is 19.7 Å². The first-order valence-electron chi connectivity index (χ1n) is 4.70. The van der Waals surface area contributed by atoms with Gasteiger partial charge in [-0.1, -0.05) is 6.42 Å². The molecule has 0 aliphatic carbocycles. The van der Waals surface area contributed by atoms with Crippen LogP contribution in [-0.2, 0) is 4.74 Å². The second-order valence-corrected chi connectivity index (χ2v) is 3.39. The maximum Gasteiger partial charge on any atom is 0.164 e. The molecule has 0 atom stereocenters. The first kappa shape index (κ1) is 7.56. The molecule has 0 aromatic heterocycles. The Morgan fingerprint density at radius 1 is 1.00 bits per heavy atom. The normalized spacial score (nSPS) is 29.5. The van der Waals surface area contributed by atoms with Crippen molar-refractivity contribution in [3.8, 4) is 0 Å². The molecule has 0 aromatic carbocycles. The van der Waals surface area contributed by atoms with Crippen LogP contribution in [0.25, 0.3) is 0 Å². The van der Waals surface area contributed by atoms with Crippen LogP contribution in [-0.4, -0.2) is 24.6 Å². The van der Waals surface area contributed by atoms with Crippen LogP contribution in [0.15, 0.2) is 0 Å². The molecular weight excluding hydrogens is 138 g/mol. The van der Waals surface area contributed by atoms with Gasteiger partial charge >= 0.3 is 0 Å². The minimum absolute atomic E-state index is 0.950. The van der Waals surface area contributed by atoms with E-state index in [1.54, 1.807) is 0 Å². The number of hydrogen-bond acceptors (Lipinski definition) is 2. The van der Waals surface area contributed by atoms with Crippen LogP contribution in [0.3, 0.4) is 0 Å². The molecule has 0 N–H and O–H groups in total. The van der Waals surface area contributed by atoms with Gasteiger partial charge in [0, 0.05) is 19.7 Å². The second kappa shape index (κ2) is 3.55. The molecule has 2 rings (SSSR count). The number of hydrogen-bond donors (Lipinski definition) is 0. The topological polar surface area (TPSA) is 12.5 Å². The largest absolute Gasteiger partial charge is 0.356 e. The number of nitrogens with zero attached hydrogens (tertiary/aromatic N) is 1. The first-order chi connectivity index (χ1) is 5.47. The standard InChI is InChI=1S/C9H16NO/c1-2-6-10(7-3-1)9-5-4-8-11-9/h1-8H2. The van der Waals surface area contributed by atoms with Crippen LogP contribution in [0.5, 0.6) is 0 Å². The lowest BCUT2D eigenvalue weighted by atomic mass is 10.1. The quantitative estimate of drug-likeness (QED) is 0.570. The summed E-state index contributed by atoms with van der Waals surface area (Å²) in [5, 5.41) is 0. The Balaban J connectivity index is 1.82. The van der Waals surface area contributed by atoms with Crippen LogP contribution in [0.2, 0.25) is 0 Å². The van der Waals surface area contributed by atoms with Crippen LogP contribution in [0, 0.1) is 6.23 Å². The highest BCUT2D eigenvalue weighted by molar-refractivity contribution is 4.85. The van der Waals surface area contributed by atoms with Crippen molar-refractivity contribution in [3.63, 3.8) is 0 Å². The zero-order valence-electron chi connectivity index (χ0n) is 7.01. The molecule has 2 fully saturated rings. The number of piperidine rings is 1. The number of likely N-dealkylation sites (tertiary alicyclic amines) is 1. The zero-order chi connectivity index (χ0) is 7.52. The summed E-state index contributed by atoms with van der Waals surface area (Å²) in [7, 11) is 0. The molecule has 0 spiro atoms. The van der Waals surface area contributed by atoms with E-state index in [2.05, 4.69) is 4.90 Å². The molecule has 0 amide bonds. The second-order valence-electron chi connectivity index (χ2n) is 3.39. The van der Waals surface area contributed by atoms with Gasteiger partial charge in [-0.25, -0.2) is 0 Å². The first-order valence-corrected chi connectivity index (χ1v) is 4.70. The molecule has 2 saturated heterocycles. The van der Waals surface area contributed by atoms with E-state index in [1.807, 2.05) is 0 Å². The molecule has 0 bridgehead atoms. The van der Waals surface area contributed by atoms with Crippen molar-refractivity contribution in [1.82, 2.24) is 4.90 Å².